The zero-order valence-corrected chi connectivity index (χ0v) is 27.4. The van der Waals surface area contributed by atoms with Gasteiger partial charge in [0.1, 0.15) is 6.04 Å². The number of carbonyl (C=O) groups excluding carboxylic acids is 3. The lowest BCUT2D eigenvalue weighted by Gasteiger charge is -2.49. The van der Waals surface area contributed by atoms with E-state index >= 15 is 0 Å². The van der Waals surface area contributed by atoms with Crippen LogP contribution in [0, 0.1) is 17.2 Å². The Balaban J connectivity index is 1.34. The summed E-state index contributed by atoms with van der Waals surface area (Å²) in [5.74, 6) is 0.774. The number of rotatable bonds is 8. The van der Waals surface area contributed by atoms with Gasteiger partial charge in [-0.15, -0.1) is 10.2 Å². The van der Waals surface area contributed by atoms with E-state index in [9.17, 15) is 19.6 Å². The Labute approximate surface area is 274 Å². The van der Waals surface area contributed by atoms with Gasteiger partial charge in [-0.1, -0.05) is 17.3 Å². The SMILES string of the molecule is CN(C)C(=O)c1ccc2c(c1)CCc1cc(C(=O)N(C)C)ccc1C2(CC1(NCC(=O)N2C(C#N)C[C@@H]3C[C@@H]32)CCC1)c1nn[nH]n1. The zero-order valence-electron chi connectivity index (χ0n) is 27.4. The first-order chi connectivity index (χ1) is 22.6. The number of carbonyl (C=O) groups is 3. The van der Waals surface area contributed by atoms with Crippen LogP contribution in [0.25, 0.3) is 0 Å². The summed E-state index contributed by atoms with van der Waals surface area (Å²) in [6.45, 7) is 0.149. The van der Waals surface area contributed by atoms with Crippen molar-refractivity contribution in [2.75, 3.05) is 34.7 Å². The highest BCUT2D eigenvalue weighted by atomic mass is 16.2. The lowest BCUT2D eigenvalue weighted by atomic mass is 9.60. The first kappa shape index (κ1) is 31.0. The van der Waals surface area contributed by atoms with Crippen molar-refractivity contribution in [3.05, 3.63) is 75.6 Å². The van der Waals surface area contributed by atoms with E-state index in [1.807, 2.05) is 41.3 Å². The van der Waals surface area contributed by atoms with Crippen molar-refractivity contribution in [3.8, 4) is 6.07 Å². The molecule has 0 spiro atoms. The molecule has 1 aliphatic heterocycles. The zero-order chi connectivity index (χ0) is 33.1. The Morgan fingerprint density at radius 2 is 1.60 bits per heavy atom. The first-order valence-electron chi connectivity index (χ1n) is 16.5. The van der Waals surface area contributed by atoms with Crippen LogP contribution in [0.4, 0.5) is 0 Å². The number of hydrogen-bond donors (Lipinski definition) is 2. The number of nitrogens with zero attached hydrogens (tertiary/aromatic N) is 7. The molecule has 3 fully saturated rings. The second-order valence-corrected chi connectivity index (χ2v) is 14.2. The van der Waals surface area contributed by atoms with Crippen LogP contribution in [0.1, 0.15) is 87.3 Å². The van der Waals surface area contributed by atoms with Crippen LogP contribution in [0.2, 0.25) is 0 Å². The van der Waals surface area contributed by atoms with Crippen LogP contribution in [-0.4, -0.2) is 105 Å². The van der Waals surface area contributed by atoms with Gasteiger partial charge in [0.15, 0.2) is 5.82 Å². The molecule has 244 valence electrons. The lowest BCUT2D eigenvalue weighted by molar-refractivity contribution is -0.131. The van der Waals surface area contributed by atoms with Gasteiger partial charge in [-0.2, -0.15) is 10.5 Å². The van der Waals surface area contributed by atoms with Gasteiger partial charge in [-0.05, 0) is 104 Å². The second kappa shape index (κ2) is 11.6. The van der Waals surface area contributed by atoms with Gasteiger partial charge in [-0.3, -0.25) is 14.4 Å². The molecule has 2 aromatic carbocycles. The molecule has 1 aromatic heterocycles. The lowest BCUT2D eigenvalue weighted by Crippen LogP contribution is -2.58. The van der Waals surface area contributed by atoms with E-state index in [2.05, 4.69) is 32.0 Å². The minimum atomic E-state index is -0.894. The quantitative estimate of drug-likeness (QED) is 0.383. The number of H-pyrrole nitrogens is 1. The third kappa shape index (κ3) is 5.17. The highest BCUT2D eigenvalue weighted by Gasteiger charge is 2.55. The van der Waals surface area contributed by atoms with Crippen LogP contribution in [0.15, 0.2) is 36.4 Å². The van der Waals surface area contributed by atoms with E-state index in [0.717, 1.165) is 54.4 Å². The van der Waals surface area contributed by atoms with Crippen molar-refractivity contribution in [1.82, 2.24) is 40.6 Å². The fourth-order valence-corrected chi connectivity index (χ4v) is 8.30. The van der Waals surface area contributed by atoms with Crippen LogP contribution >= 0.6 is 0 Å². The molecule has 0 radical (unpaired) electrons. The number of benzene rings is 2. The number of likely N-dealkylation sites (tertiary alicyclic amines) is 1. The molecule has 0 bridgehead atoms. The Bertz CT molecular complexity index is 1700. The molecule has 12 nitrogen and oxygen atoms in total. The molecule has 3 amide bonds. The third-order valence-electron chi connectivity index (χ3n) is 10.9. The predicted molar refractivity (Wildman–Crippen MR) is 172 cm³/mol. The fourth-order valence-electron chi connectivity index (χ4n) is 8.30. The van der Waals surface area contributed by atoms with Gasteiger partial charge in [0.05, 0.1) is 18.0 Å². The van der Waals surface area contributed by atoms with Crippen molar-refractivity contribution < 1.29 is 14.4 Å². The monoisotopic (exact) mass is 635 g/mol. The first-order valence-corrected chi connectivity index (χ1v) is 16.5. The molecule has 1 saturated heterocycles. The predicted octanol–water partition coefficient (Wildman–Crippen LogP) is 2.45. The van der Waals surface area contributed by atoms with E-state index in [-0.39, 0.29) is 36.3 Å². The number of tetrazole rings is 1. The fraction of sp³-hybridized carbons (Fsp3) is 0.514. The number of fused-ring (bicyclic) bond motifs is 3. The number of aromatic amines is 1. The van der Waals surface area contributed by atoms with Gasteiger partial charge < -0.3 is 20.0 Å². The number of aryl methyl sites for hydroxylation is 2. The Hall–Kier alpha value is -4.63. The molecule has 1 unspecified atom stereocenters. The van der Waals surface area contributed by atoms with E-state index in [4.69, 9.17) is 0 Å². The summed E-state index contributed by atoms with van der Waals surface area (Å²) >= 11 is 0. The number of nitriles is 1. The summed E-state index contributed by atoms with van der Waals surface area (Å²) in [5.41, 5.74) is 3.89. The summed E-state index contributed by atoms with van der Waals surface area (Å²) in [6.07, 6.45) is 6.32. The molecule has 2 N–H and O–H groups in total. The highest BCUT2D eigenvalue weighted by Crippen LogP contribution is 2.52. The van der Waals surface area contributed by atoms with Gasteiger partial charge in [0, 0.05) is 50.9 Å². The molecule has 7 rings (SSSR count). The van der Waals surface area contributed by atoms with Gasteiger partial charge >= 0.3 is 0 Å². The van der Waals surface area contributed by atoms with Crippen LogP contribution < -0.4 is 5.32 Å². The minimum Gasteiger partial charge on any atom is -0.345 e. The van der Waals surface area contributed by atoms with Crippen LogP contribution in [0.3, 0.4) is 0 Å². The molecule has 12 heteroatoms. The van der Waals surface area contributed by atoms with Crippen molar-refractivity contribution in [2.24, 2.45) is 5.92 Å². The van der Waals surface area contributed by atoms with Crippen LogP contribution in [-0.2, 0) is 23.1 Å². The molecule has 47 heavy (non-hydrogen) atoms. The Kier molecular flexibility index (Phi) is 7.62. The summed E-state index contributed by atoms with van der Waals surface area (Å²) in [4.78, 5) is 44.8. The van der Waals surface area contributed by atoms with Crippen LogP contribution in [0.5, 0.6) is 0 Å². The summed E-state index contributed by atoms with van der Waals surface area (Å²) in [5, 5.41) is 29.4. The Morgan fingerprint density at radius 3 is 2.09 bits per heavy atom. The van der Waals surface area contributed by atoms with Crippen molar-refractivity contribution >= 4 is 17.7 Å². The molecular weight excluding hydrogens is 594 g/mol. The van der Waals surface area contributed by atoms with Gasteiger partial charge in [0.2, 0.25) is 5.91 Å². The summed E-state index contributed by atoms with van der Waals surface area (Å²) < 4.78 is 0. The number of hydrogen-bond acceptors (Lipinski definition) is 8. The molecule has 2 heterocycles. The van der Waals surface area contributed by atoms with E-state index in [1.54, 1.807) is 38.0 Å². The average molecular weight is 636 g/mol. The molecule has 3 aromatic rings. The Morgan fingerprint density at radius 1 is 0.979 bits per heavy atom. The number of nitrogens with one attached hydrogen (secondary N) is 2. The van der Waals surface area contributed by atoms with Gasteiger partial charge in [-0.25, -0.2) is 0 Å². The maximum absolute atomic E-state index is 13.6. The van der Waals surface area contributed by atoms with E-state index < -0.39 is 11.0 Å². The van der Waals surface area contributed by atoms with Crippen molar-refractivity contribution in [1.29, 1.82) is 5.26 Å². The molecular formula is C35H41N9O3. The number of aromatic nitrogens is 4. The summed E-state index contributed by atoms with van der Waals surface area (Å²) in [7, 11) is 6.98. The van der Waals surface area contributed by atoms with Gasteiger partial charge in [0.25, 0.3) is 11.8 Å². The number of amides is 3. The minimum absolute atomic E-state index is 0.0261. The van der Waals surface area contributed by atoms with E-state index in [0.29, 0.717) is 42.1 Å². The van der Waals surface area contributed by atoms with E-state index in [1.165, 1.54) is 0 Å². The molecule has 3 atom stereocenters. The smallest absolute Gasteiger partial charge is 0.253 e. The highest BCUT2D eigenvalue weighted by molar-refractivity contribution is 5.95. The maximum Gasteiger partial charge on any atom is 0.253 e. The number of piperidine rings is 1. The summed E-state index contributed by atoms with van der Waals surface area (Å²) in [6, 6.07) is 13.9. The normalized spacial score (nSPS) is 22.9. The largest absolute Gasteiger partial charge is 0.345 e. The second-order valence-electron chi connectivity index (χ2n) is 14.2. The molecule has 4 aliphatic rings. The molecule has 3 aliphatic carbocycles. The standard InChI is InChI=1S/C35H41N9O3/c1-42(2)31(46)23-8-10-27-21(14-23)6-7-22-15-24(32(47)43(3)4)9-11-28(22)35(27,33-38-40-41-39-33)20-34(12-5-13-34)37-19-30(45)44-26(18-36)16-25-17-29(25)44/h8-11,14-15,25-26,29,37H,5-7,12-13,16-17,19-20H2,1-4H3,(H,38,39,40,41)/t25-,26?,29+/m1/s1. The third-order valence-corrected chi connectivity index (χ3v) is 10.9. The maximum atomic E-state index is 13.6. The van der Waals surface area contributed by atoms with Crippen molar-refractivity contribution in [2.45, 2.75) is 74.4 Å². The topological polar surface area (TPSA) is 151 Å². The van der Waals surface area contributed by atoms with Crippen molar-refractivity contribution in [3.63, 3.8) is 0 Å². The molecule has 2 saturated carbocycles. The average Bonchev–Trinajstić information content (AvgIpc) is 3.43.